The number of benzene rings is 2. The zero-order valence-corrected chi connectivity index (χ0v) is 21.0. The Morgan fingerprint density at radius 3 is 2.58 bits per heavy atom. The summed E-state index contributed by atoms with van der Waals surface area (Å²) in [7, 11) is 0. The van der Waals surface area contributed by atoms with Gasteiger partial charge in [-0.3, -0.25) is 9.78 Å². The smallest absolute Gasteiger partial charge is 0.328 e. The first-order chi connectivity index (χ1) is 18.4. The van der Waals surface area contributed by atoms with E-state index in [1.165, 1.54) is 0 Å². The standard InChI is InChI=1S/C29H31F2N3O4/c30-29(31,18-20-6-5-7-21(16-20)23-8-1-2-11-32-23)28(36)33-24(19-34-12-3-4-13-34)27(35)22-9-10-25-26(17-22)38-15-14-37-25/h1-2,5-11,16-17,24,27,35H,3-4,12-15,18-19H2,(H,33,36)/t24-,27-/m1/s1. The molecule has 9 heteroatoms. The van der Waals surface area contributed by atoms with E-state index in [2.05, 4.69) is 15.2 Å². The summed E-state index contributed by atoms with van der Waals surface area (Å²) in [6.07, 6.45) is 1.64. The van der Waals surface area contributed by atoms with E-state index >= 15 is 8.78 Å². The fourth-order valence-electron chi connectivity index (χ4n) is 4.93. The zero-order chi connectivity index (χ0) is 26.5. The van der Waals surface area contributed by atoms with E-state index in [1.54, 1.807) is 60.8 Å². The summed E-state index contributed by atoms with van der Waals surface area (Å²) in [5, 5.41) is 13.7. The number of aromatic nitrogens is 1. The van der Waals surface area contributed by atoms with Gasteiger partial charge in [0.1, 0.15) is 19.3 Å². The summed E-state index contributed by atoms with van der Waals surface area (Å²) in [4.78, 5) is 19.3. The SMILES string of the molecule is O=C(N[C@H](CN1CCCC1)[C@H](O)c1ccc2c(c1)OCCO2)C(F)(F)Cc1cccc(-c2ccccn2)c1. The highest BCUT2D eigenvalue weighted by Crippen LogP contribution is 2.34. The number of halogens is 2. The Hall–Kier alpha value is -3.56. The van der Waals surface area contributed by atoms with Crippen molar-refractivity contribution < 1.29 is 28.2 Å². The first kappa shape index (κ1) is 26.1. The number of alkyl halides is 2. The second-order valence-corrected chi connectivity index (χ2v) is 9.73. The van der Waals surface area contributed by atoms with Crippen LogP contribution >= 0.6 is 0 Å². The van der Waals surface area contributed by atoms with E-state index in [-0.39, 0.29) is 6.54 Å². The van der Waals surface area contributed by atoms with Crippen LogP contribution in [0, 0.1) is 0 Å². The average molecular weight is 524 g/mol. The van der Waals surface area contributed by atoms with Crippen LogP contribution in [0.5, 0.6) is 11.5 Å². The van der Waals surface area contributed by atoms with Crippen molar-refractivity contribution in [2.24, 2.45) is 0 Å². The number of ether oxygens (including phenoxy) is 2. The van der Waals surface area contributed by atoms with Crippen molar-refractivity contribution in [3.63, 3.8) is 0 Å². The highest BCUT2D eigenvalue weighted by molar-refractivity contribution is 5.84. The molecule has 3 heterocycles. The molecule has 38 heavy (non-hydrogen) atoms. The molecular weight excluding hydrogens is 492 g/mol. The van der Waals surface area contributed by atoms with E-state index < -0.39 is 30.4 Å². The van der Waals surface area contributed by atoms with Gasteiger partial charge in [0.15, 0.2) is 11.5 Å². The quantitative estimate of drug-likeness (QED) is 0.441. The second-order valence-electron chi connectivity index (χ2n) is 9.73. The third kappa shape index (κ3) is 6.11. The summed E-state index contributed by atoms with van der Waals surface area (Å²) in [6.45, 7) is 2.65. The van der Waals surface area contributed by atoms with Crippen molar-refractivity contribution in [2.75, 3.05) is 32.8 Å². The summed E-state index contributed by atoms with van der Waals surface area (Å²) in [5.41, 5.74) is 2.14. The van der Waals surface area contributed by atoms with Gasteiger partial charge in [0.05, 0.1) is 11.7 Å². The first-order valence-electron chi connectivity index (χ1n) is 12.9. The van der Waals surface area contributed by atoms with Crippen molar-refractivity contribution in [3.8, 4) is 22.8 Å². The normalized spacial score (nSPS) is 17.1. The molecule has 2 aromatic carbocycles. The number of amides is 1. The largest absolute Gasteiger partial charge is 0.486 e. The maximum absolute atomic E-state index is 15.2. The van der Waals surface area contributed by atoms with E-state index in [0.717, 1.165) is 25.9 Å². The van der Waals surface area contributed by atoms with Gasteiger partial charge in [-0.05, 0) is 67.4 Å². The van der Waals surface area contributed by atoms with Crippen LogP contribution in [0.2, 0.25) is 0 Å². The first-order valence-corrected chi connectivity index (χ1v) is 12.9. The number of aliphatic hydroxyl groups is 1. The third-order valence-electron chi connectivity index (χ3n) is 6.90. The van der Waals surface area contributed by atoms with Crippen LogP contribution in [0.25, 0.3) is 11.3 Å². The molecule has 0 radical (unpaired) electrons. The number of hydrogen-bond acceptors (Lipinski definition) is 6. The maximum Gasteiger partial charge on any atom is 0.328 e. The zero-order valence-electron chi connectivity index (χ0n) is 21.0. The van der Waals surface area contributed by atoms with Crippen LogP contribution in [0.15, 0.2) is 66.9 Å². The van der Waals surface area contributed by atoms with Crippen molar-refractivity contribution in [1.29, 1.82) is 0 Å². The van der Waals surface area contributed by atoms with Gasteiger partial charge < -0.3 is 24.8 Å². The highest BCUT2D eigenvalue weighted by Gasteiger charge is 2.41. The Morgan fingerprint density at radius 1 is 1.03 bits per heavy atom. The Balaban J connectivity index is 1.32. The lowest BCUT2D eigenvalue weighted by Gasteiger charge is -2.30. The molecule has 2 atom stereocenters. The number of likely N-dealkylation sites (tertiary alicyclic amines) is 1. The molecule has 200 valence electrons. The van der Waals surface area contributed by atoms with Gasteiger partial charge in [-0.2, -0.15) is 8.78 Å². The minimum absolute atomic E-state index is 0.257. The number of nitrogens with zero attached hydrogens (tertiary/aromatic N) is 2. The van der Waals surface area contributed by atoms with Gasteiger partial charge in [-0.15, -0.1) is 0 Å². The molecule has 0 aliphatic carbocycles. The number of pyridine rings is 1. The van der Waals surface area contributed by atoms with E-state index in [4.69, 9.17) is 9.47 Å². The molecule has 5 rings (SSSR count). The average Bonchev–Trinajstić information content (AvgIpc) is 3.45. The number of aliphatic hydroxyl groups excluding tert-OH is 1. The van der Waals surface area contributed by atoms with Crippen LogP contribution in [0.4, 0.5) is 8.78 Å². The van der Waals surface area contributed by atoms with Gasteiger partial charge in [0.25, 0.3) is 5.91 Å². The van der Waals surface area contributed by atoms with Crippen LogP contribution in [0.1, 0.15) is 30.1 Å². The van der Waals surface area contributed by atoms with E-state index in [0.29, 0.717) is 47.1 Å². The lowest BCUT2D eigenvalue weighted by molar-refractivity contribution is -0.147. The minimum Gasteiger partial charge on any atom is -0.486 e. The molecule has 1 saturated heterocycles. The Kier molecular flexibility index (Phi) is 7.85. The maximum atomic E-state index is 15.2. The van der Waals surface area contributed by atoms with Gasteiger partial charge in [0.2, 0.25) is 0 Å². The lowest BCUT2D eigenvalue weighted by atomic mass is 9.99. The highest BCUT2D eigenvalue weighted by atomic mass is 19.3. The minimum atomic E-state index is -3.68. The summed E-state index contributed by atoms with van der Waals surface area (Å²) >= 11 is 0. The van der Waals surface area contributed by atoms with Gasteiger partial charge >= 0.3 is 5.92 Å². The Labute approximate surface area is 220 Å². The second kappa shape index (κ2) is 11.4. The van der Waals surface area contributed by atoms with Crippen molar-refractivity contribution >= 4 is 5.91 Å². The van der Waals surface area contributed by atoms with Crippen LogP contribution in [-0.2, 0) is 11.2 Å². The van der Waals surface area contributed by atoms with Crippen molar-refractivity contribution in [1.82, 2.24) is 15.2 Å². The van der Waals surface area contributed by atoms with Crippen LogP contribution in [0.3, 0.4) is 0 Å². The van der Waals surface area contributed by atoms with Crippen LogP contribution < -0.4 is 14.8 Å². The third-order valence-corrected chi connectivity index (χ3v) is 6.90. The topological polar surface area (TPSA) is 83.9 Å². The van der Waals surface area contributed by atoms with E-state index in [9.17, 15) is 9.90 Å². The predicted octanol–water partition coefficient (Wildman–Crippen LogP) is 4.01. The molecule has 1 aromatic heterocycles. The van der Waals surface area contributed by atoms with Crippen LogP contribution in [-0.4, -0.2) is 65.7 Å². The van der Waals surface area contributed by atoms with Gasteiger partial charge in [-0.1, -0.05) is 30.3 Å². The molecule has 2 aliphatic rings. The molecule has 0 unspecified atom stereocenters. The number of fused-ring (bicyclic) bond motifs is 1. The fourth-order valence-corrected chi connectivity index (χ4v) is 4.93. The molecule has 0 bridgehead atoms. The summed E-state index contributed by atoms with van der Waals surface area (Å²) in [5.74, 6) is -4.05. The number of rotatable bonds is 9. The fraction of sp³-hybridized carbons (Fsp3) is 0.379. The summed E-state index contributed by atoms with van der Waals surface area (Å²) in [6, 6.07) is 16.1. The Bertz CT molecular complexity index is 1250. The molecule has 2 aliphatic heterocycles. The van der Waals surface area contributed by atoms with E-state index in [1.807, 2.05) is 6.07 Å². The number of hydrogen-bond donors (Lipinski definition) is 2. The van der Waals surface area contributed by atoms with Gasteiger partial charge in [-0.25, -0.2) is 0 Å². The molecule has 7 nitrogen and oxygen atoms in total. The number of nitrogens with one attached hydrogen (secondary N) is 1. The number of carbonyl (C=O) groups excluding carboxylic acids is 1. The molecule has 1 fully saturated rings. The monoisotopic (exact) mass is 523 g/mol. The van der Waals surface area contributed by atoms with Crippen molar-refractivity contribution in [2.45, 2.75) is 37.3 Å². The predicted molar refractivity (Wildman–Crippen MR) is 138 cm³/mol. The molecule has 1 amide bonds. The number of carbonyl (C=O) groups is 1. The van der Waals surface area contributed by atoms with Crippen molar-refractivity contribution in [3.05, 3.63) is 78.0 Å². The molecule has 2 N–H and O–H groups in total. The Morgan fingerprint density at radius 2 is 1.82 bits per heavy atom. The molecule has 0 saturated carbocycles. The summed E-state index contributed by atoms with van der Waals surface area (Å²) < 4.78 is 41.6. The molecule has 0 spiro atoms. The van der Waals surface area contributed by atoms with Gasteiger partial charge in [0, 0.05) is 24.7 Å². The molecule has 3 aromatic rings. The molecular formula is C29H31F2N3O4. The lowest BCUT2D eigenvalue weighted by Crippen LogP contribution is -2.52.